The number of rotatable bonds is 4. The van der Waals surface area contributed by atoms with Crippen LogP contribution in [0, 0.1) is 6.92 Å². The highest BCUT2D eigenvalue weighted by Crippen LogP contribution is 2.30. The van der Waals surface area contributed by atoms with Crippen molar-refractivity contribution in [2.75, 3.05) is 6.54 Å². The van der Waals surface area contributed by atoms with Gasteiger partial charge < -0.3 is 4.90 Å². The van der Waals surface area contributed by atoms with Crippen molar-refractivity contribution >= 4 is 5.91 Å². The summed E-state index contributed by atoms with van der Waals surface area (Å²) in [6, 6.07) is 17.4. The average Bonchev–Trinajstić information content (AvgIpc) is 3.05. The van der Waals surface area contributed by atoms with E-state index in [2.05, 4.69) is 5.10 Å². The maximum Gasteiger partial charge on any atom is 0.346 e. The molecule has 0 spiro atoms. The first-order valence-electron chi connectivity index (χ1n) is 9.66. The molecule has 1 amide bonds. The largest absolute Gasteiger partial charge is 0.346 e. The number of hydrogen-bond acceptors (Lipinski definition) is 3. The smallest absolute Gasteiger partial charge is 0.326 e. The van der Waals surface area contributed by atoms with E-state index in [1.807, 2.05) is 73.3 Å². The van der Waals surface area contributed by atoms with Gasteiger partial charge in [0.2, 0.25) is 5.91 Å². The van der Waals surface area contributed by atoms with E-state index in [1.165, 1.54) is 4.68 Å². The van der Waals surface area contributed by atoms with Crippen molar-refractivity contribution in [3.63, 3.8) is 0 Å². The number of benzene rings is 2. The Morgan fingerprint density at radius 3 is 2.50 bits per heavy atom. The van der Waals surface area contributed by atoms with Gasteiger partial charge in [0.15, 0.2) is 5.82 Å². The lowest BCUT2D eigenvalue weighted by Gasteiger charge is -2.35. The third-order valence-corrected chi connectivity index (χ3v) is 5.41. The van der Waals surface area contributed by atoms with Crippen LogP contribution in [0.5, 0.6) is 0 Å². The van der Waals surface area contributed by atoms with Crippen LogP contribution in [0.1, 0.15) is 35.5 Å². The van der Waals surface area contributed by atoms with E-state index < -0.39 is 0 Å². The third-order valence-electron chi connectivity index (χ3n) is 5.41. The van der Waals surface area contributed by atoms with Gasteiger partial charge in [-0.1, -0.05) is 54.6 Å². The zero-order valence-corrected chi connectivity index (χ0v) is 16.2. The van der Waals surface area contributed by atoms with E-state index in [9.17, 15) is 9.59 Å². The maximum atomic E-state index is 13.3. The second kappa shape index (κ2) is 7.46. The van der Waals surface area contributed by atoms with Crippen LogP contribution in [0.15, 0.2) is 59.4 Å². The predicted octanol–water partition coefficient (Wildman–Crippen LogP) is 2.55. The molecule has 0 fully saturated rings. The van der Waals surface area contributed by atoms with Crippen LogP contribution in [-0.4, -0.2) is 31.7 Å². The summed E-state index contributed by atoms with van der Waals surface area (Å²) in [5, 5.41) is 4.56. The topological polar surface area (TPSA) is 60.1 Å². The summed E-state index contributed by atoms with van der Waals surface area (Å²) in [5.41, 5.74) is 3.00. The molecule has 6 nitrogen and oxygen atoms in total. The summed E-state index contributed by atoms with van der Waals surface area (Å²) in [5.74, 6) is 0.690. The highest BCUT2D eigenvalue weighted by molar-refractivity contribution is 5.80. The molecule has 2 heterocycles. The molecule has 1 aliphatic heterocycles. The Morgan fingerprint density at radius 2 is 1.79 bits per heavy atom. The molecule has 3 aromatic rings. The first-order chi connectivity index (χ1) is 13.6. The Hall–Kier alpha value is -3.15. The SMILES string of the molecule is CCn1nc2n(c1=O)CCN(C(=O)Cc1ccccc1C)C2c1ccccc1. The molecule has 4 rings (SSSR count). The second-order valence-electron chi connectivity index (χ2n) is 7.11. The fraction of sp³-hybridized carbons (Fsp3) is 0.318. The predicted molar refractivity (Wildman–Crippen MR) is 107 cm³/mol. The molecule has 1 aromatic heterocycles. The van der Waals surface area contributed by atoms with E-state index >= 15 is 0 Å². The minimum absolute atomic E-state index is 0.0490. The van der Waals surface area contributed by atoms with E-state index in [0.717, 1.165) is 16.7 Å². The van der Waals surface area contributed by atoms with Crippen molar-refractivity contribution in [3.8, 4) is 0 Å². The van der Waals surface area contributed by atoms with Gasteiger partial charge in [-0.3, -0.25) is 9.36 Å². The third kappa shape index (κ3) is 3.15. The summed E-state index contributed by atoms with van der Waals surface area (Å²) < 4.78 is 3.18. The second-order valence-corrected chi connectivity index (χ2v) is 7.11. The molecule has 1 aliphatic rings. The maximum absolute atomic E-state index is 13.3. The number of nitrogens with zero attached hydrogens (tertiary/aromatic N) is 4. The van der Waals surface area contributed by atoms with Crippen LogP contribution in [-0.2, 0) is 24.3 Å². The first kappa shape index (κ1) is 18.2. The van der Waals surface area contributed by atoms with Crippen molar-refractivity contribution in [3.05, 3.63) is 87.6 Å². The summed E-state index contributed by atoms with van der Waals surface area (Å²) >= 11 is 0. The molecule has 2 aromatic carbocycles. The van der Waals surface area contributed by atoms with E-state index in [-0.39, 0.29) is 17.6 Å². The number of aromatic nitrogens is 3. The van der Waals surface area contributed by atoms with E-state index in [1.54, 1.807) is 4.57 Å². The Balaban J connectivity index is 1.75. The number of aryl methyl sites for hydroxylation is 2. The minimum Gasteiger partial charge on any atom is -0.326 e. The Bertz CT molecular complexity index is 1050. The Morgan fingerprint density at radius 1 is 1.07 bits per heavy atom. The summed E-state index contributed by atoms with van der Waals surface area (Å²) in [6.45, 7) is 5.40. The molecule has 28 heavy (non-hydrogen) atoms. The van der Waals surface area contributed by atoms with Crippen molar-refractivity contribution in [1.29, 1.82) is 0 Å². The molecule has 0 saturated carbocycles. The van der Waals surface area contributed by atoms with Gasteiger partial charge in [-0.25, -0.2) is 9.48 Å². The number of carbonyl (C=O) groups excluding carboxylic acids is 1. The number of amides is 1. The summed E-state index contributed by atoms with van der Waals surface area (Å²) in [4.78, 5) is 27.7. The molecule has 1 unspecified atom stereocenters. The standard InChI is InChI=1S/C22H24N4O2/c1-3-26-22(28)25-14-13-24(19(27)15-18-12-8-7-9-16(18)2)20(21(25)23-26)17-10-5-4-6-11-17/h4-12,20H,3,13-15H2,1-2H3. The van der Waals surface area contributed by atoms with Crippen LogP contribution in [0.2, 0.25) is 0 Å². The monoisotopic (exact) mass is 376 g/mol. The van der Waals surface area contributed by atoms with E-state index in [0.29, 0.717) is 31.9 Å². The zero-order valence-electron chi connectivity index (χ0n) is 16.2. The molecule has 0 bridgehead atoms. The lowest BCUT2D eigenvalue weighted by Crippen LogP contribution is -2.45. The summed E-state index contributed by atoms with van der Waals surface area (Å²) in [6.07, 6.45) is 0.342. The lowest BCUT2D eigenvalue weighted by atomic mass is 10.00. The molecule has 0 saturated heterocycles. The van der Waals surface area contributed by atoms with Gasteiger partial charge >= 0.3 is 5.69 Å². The van der Waals surface area contributed by atoms with E-state index in [4.69, 9.17) is 0 Å². The van der Waals surface area contributed by atoms with Crippen LogP contribution in [0.3, 0.4) is 0 Å². The number of carbonyl (C=O) groups is 1. The fourth-order valence-electron chi connectivity index (χ4n) is 3.86. The average molecular weight is 376 g/mol. The first-order valence-corrected chi connectivity index (χ1v) is 9.66. The van der Waals surface area contributed by atoms with Crippen LogP contribution in [0.4, 0.5) is 0 Å². The van der Waals surface area contributed by atoms with Crippen molar-refractivity contribution in [1.82, 2.24) is 19.2 Å². The van der Waals surface area contributed by atoms with Gasteiger partial charge in [0.25, 0.3) is 0 Å². The quantitative estimate of drug-likeness (QED) is 0.703. The van der Waals surface area contributed by atoms with Gasteiger partial charge in [0.1, 0.15) is 6.04 Å². The number of fused-ring (bicyclic) bond motifs is 1. The van der Waals surface area contributed by atoms with Crippen LogP contribution >= 0.6 is 0 Å². The van der Waals surface area contributed by atoms with Gasteiger partial charge in [0, 0.05) is 19.6 Å². The molecule has 6 heteroatoms. The van der Waals surface area contributed by atoms with Gasteiger partial charge in [-0.15, -0.1) is 0 Å². The number of hydrogen-bond donors (Lipinski definition) is 0. The van der Waals surface area contributed by atoms with Crippen molar-refractivity contribution < 1.29 is 4.79 Å². The van der Waals surface area contributed by atoms with Crippen LogP contribution in [0.25, 0.3) is 0 Å². The minimum atomic E-state index is -0.355. The Kier molecular flexibility index (Phi) is 4.86. The molecule has 1 atom stereocenters. The van der Waals surface area contributed by atoms with Gasteiger partial charge in [0.05, 0.1) is 6.42 Å². The fourth-order valence-corrected chi connectivity index (χ4v) is 3.86. The lowest BCUT2D eigenvalue weighted by molar-refractivity contribution is -0.133. The highest BCUT2D eigenvalue weighted by Gasteiger charge is 2.35. The zero-order chi connectivity index (χ0) is 19.7. The van der Waals surface area contributed by atoms with Gasteiger partial charge in [-0.2, -0.15) is 5.10 Å². The summed E-state index contributed by atoms with van der Waals surface area (Å²) in [7, 11) is 0. The van der Waals surface area contributed by atoms with Crippen molar-refractivity contribution in [2.24, 2.45) is 0 Å². The molecule has 0 aliphatic carbocycles. The Labute approximate surface area is 164 Å². The highest BCUT2D eigenvalue weighted by atomic mass is 16.2. The molecule has 144 valence electrons. The molecular formula is C22H24N4O2. The normalized spacial score (nSPS) is 16.1. The molecule has 0 radical (unpaired) electrons. The molecule has 0 N–H and O–H groups in total. The van der Waals surface area contributed by atoms with Crippen molar-refractivity contribution in [2.45, 2.75) is 39.4 Å². The van der Waals surface area contributed by atoms with Gasteiger partial charge in [-0.05, 0) is 30.5 Å². The van der Waals surface area contributed by atoms with Crippen LogP contribution < -0.4 is 5.69 Å². The molecular weight excluding hydrogens is 352 g/mol.